The average molecular weight is 342 g/mol. The van der Waals surface area contributed by atoms with E-state index < -0.39 is 5.97 Å². The van der Waals surface area contributed by atoms with Gasteiger partial charge in [0.2, 0.25) is 0 Å². The summed E-state index contributed by atoms with van der Waals surface area (Å²) in [6.45, 7) is 2.58. The fourth-order valence-electron chi connectivity index (χ4n) is 3.47. The molecular weight excluding hydrogens is 324 g/mol. The Bertz CT molecular complexity index is 848. The molecule has 3 aromatic rings. The van der Waals surface area contributed by atoms with Crippen LogP contribution in [0.4, 0.5) is 0 Å². The molecule has 1 saturated heterocycles. The standard InChI is InChI=1S/C18H18N2O3S/c21-18(22)17-14(13-3-1-2-4-16(13)24-17)11-20-8-5-12(6-9-20)15-7-10-23-19-15/h1-4,7,10,12H,5-6,8-9,11H2,(H,21,22). The molecule has 4 rings (SSSR count). The van der Waals surface area contributed by atoms with E-state index in [-0.39, 0.29) is 0 Å². The lowest BCUT2D eigenvalue weighted by Gasteiger charge is -2.31. The summed E-state index contributed by atoms with van der Waals surface area (Å²) in [4.78, 5) is 14.4. The van der Waals surface area contributed by atoms with Crippen LogP contribution >= 0.6 is 11.3 Å². The quantitative estimate of drug-likeness (QED) is 0.777. The Morgan fingerprint density at radius 3 is 2.79 bits per heavy atom. The molecule has 124 valence electrons. The Morgan fingerprint density at radius 2 is 2.08 bits per heavy atom. The third-order valence-corrected chi connectivity index (χ3v) is 5.94. The highest BCUT2D eigenvalue weighted by atomic mass is 32.1. The summed E-state index contributed by atoms with van der Waals surface area (Å²) >= 11 is 1.37. The molecule has 1 aliphatic heterocycles. The zero-order valence-electron chi connectivity index (χ0n) is 13.1. The third kappa shape index (κ3) is 2.83. The molecular formula is C18H18N2O3S. The number of piperidine rings is 1. The zero-order chi connectivity index (χ0) is 16.5. The molecule has 1 aromatic carbocycles. The molecule has 2 aromatic heterocycles. The molecule has 0 spiro atoms. The van der Waals surface area contributed by atoms with E-state index in [1.54, 1.807) is 6.26 Å². The second kappa shape index (κ2) is 6.37. The molecule has 3 heterocycles. The first-order chi connectivity index (χ1) is 11.7. The smallest absolute Gasteiger partial charge is 0.346 e. The van der Waals surface area contributed by atoms with Crippen LogP contribution in [0.5, 0.6) is 0 Å². The molecule has 0 saturated carbocycles. The van der Waals surface area contributed by atoms with Crippen molar-refractivity contribution in [3.8, 4) is 0 Å². The number of benzene rings is 1. The summed E-state index contributed by atoms with van der Waals surface area (Å²) in [6, 6.07) is 9.89. The van der Waals surface area contributed by atoms with Crippen LogP contribution in [-0.4, -0.2) is 34.2 Å². The largest absolute Gasteiger partial charge is 0.477 e. The fourth-order valence-corrected chi connectivity index (χ4v) is 4.52. The van der Waals surface area contributed by atoms with Crippen LogP contribution in [0.2, 0.25) is 0 Å². The molecule has 1 aliphatic rings. The number of thiophene rings is 1. The molecule has 0 bridgehead atoms. The van der Waals surface area contributed by atoms with E-state index in [2.05, 4.69) is 10.1 Å². The molecule has 0 atom stereocenters. The first kappa shape index (κ1) is 15.4. The van der Waals surface area contributed by atoms with Gasteiger partial charge in [-0.05, 0) is 42.9 Å². The number of fused-ring (bicyclic) bond motifs is 1. The molecule has 0 amide bonds. The number of nitrogens with zero attached hydrogens (tertiary/aromatic N) is 2. The highest BCUT2D eigenvalue weighted by Gasteiger charge is 2.25. The van der Waals surface area contributed by atoms with E-state index in [9.17, 15) is 9.90 Å². The van der Waals surface area contributed by atoms with Gasteiger partial charge in [-0.15, -0.1) is 11.3 Å². The van der Waals surface area contributed by atoms with E-state index in [1.165, 1.54) is 11.3 Å². The fraction of sp³-hybridized carbons (Fsp3) is 0.333. The van der Waals surface area contributed by atoms with E-state index in [4.69, 9.17) is 4.52 Å². The van der Waals surface area contributed by atoms with Crippen LogP contribution in [-0.2, 0) is 6.54 Å². The minimum atomic E-state index is -0.830. The van der Waals surface area contributed by atoms with Crippen molar-refractivity contribution in [2.45, 2.75) is 25.3 Å². The number of carboxylic acid groups (broad SMARTS) is 1. The number of aromatic nitrogens is 1. The van der Waals surface area contributed by atoms with Crippen molar-refractivity contribution in [2.24, 2.45) is 0 Å². The predicted molar refractivity (Wildman–Crippen MR) is 92.5 cm³/mol. The number of carbonyl (C=O) groups is 1. The normalized spacial score (nSPS) is 16.7. The molecule has 0 aliphatic carbocycles. The van der Waals surface area contributed by atoms with E-state index in [1.807, 2.05) is 30.3 Å². The van der Waals surface area contributed by atoms with E-state index in [0.29, 0.717) is 17.3 Å². The topological polar surface area (TPSA) is 66.6 Å². The SMILES string of the molecule is O=C(O)c1sc2ccccc2c1CN1CCC(c2ccon2)CC1. The van der Waals surface area contributed by atoms with Crippen LogP contribution in [0.15, 0.2) is 41.1 Å². The predicted octanol–water partition coefficient (Wildman–Crippen LogP) is 3.97. The van der Waals surface area contributed by atoms with Crippen LogP contribution in [0, 0.1) is 0 Å². The summed E-state index contributed by atoms with van der Waals surface area (Å²) in [6.07, 6.45) is 3.67. The van der Waals surface area contributed by atoms with Crippen molar-refractivity contribution in [3.05, 3.63) is 52.7 Å². The van der Waals surface area contributed by atoms with Gasteiger partial charge in [-0.1, -0.05) is 23.4 Å². The van der Waals surface area contributed by atoms with Gasteiger partial charge in [-0.3, -0.25) is 4.90 Å². The first-order valence-corrected chi connectivity index (χ1v) is 8.90. The maximum atomic E-state index is 11.6. The van der Waals surface area contributed by atoms with Crippen LogP contribution in [0.1, 0.15) is 39.7 Å². The maximum Gasteiger partial charge on any atom is 0.346 e. The van der Waals surface area contributed by atoms with Gasteiger partial charge in [0.1, 0.15) is 11.1 Å². The molecule has 1 fully saturated rings. The van der Waals surface area contributed by atoms with Gasteiger partial charge in [0.05, 0.1) is 5.69 Å². The Kier molecular flexibility index (Phi) is 4.08. The summed E-state index contributed by atoms with van der Waals surface area (Å²) < 4.78 is 5.99. The molecule has 0 unspecified atom stereocenters. The Morgan fingerprint density at radius 1 is 1.29 bits per heavy atom. The second-order valence-electron chi connectivity index (χ2n) is 6.19. The molecule has 24 heavy (non-hydrogen) atoms. The van der Waals surface area contributed by atoms with Gasteiger partial charge in [0.15, 0.2) is 0 Å². The second-order valence-corrected chi connectivity index (χ2v) is 7.24. The molecule has 6 heteroatoms. The lowest BCUT2D eigenvalue weighted by atomic mass is 9.93. The lowest BCUT2D eigenvalue weighted by Crippen LogP contribution is -2.32. The minimum absolute atomic E-state index is 0.443. The number of hydrogen-bond acceptors (Lipinski definition) is 5. The van der Waals surface area contributed by atoms with Crippen molar-refractivity contribution < 1.29 is 14.4 Å². The molecule has 5 nitrogen and oxygen atoms in total. The van der Waals surface area contributed by atoms with Crippen LogP contribution < -0.4 is 0 Å². The van der Waals surface area contributed by atoms with Gasteiger partial charge in [-0.25, -0.2) is 4.79 Å². The van der Waals surface area contributed by atoms with Crippen LogP contribution in [0.3, 0.4) is 0 Å². The van der Waals surface area contributed by atoms with Crippen LogP contribution in [0.25, 0.3) is 10.1 Å². The van der Waals surface area contributed by atoms with E-state index in [0.717, 1.165) is 47.3 Å². The highest BCUT2D eigenvalue weighted by Crippen LogP contribution is 2.34. The summed E-state index contributed by atoms with van der Waals surface area (Å²) in [5.74, 6) is -0.387. The minimum Gasteiger partial charge on any atom is -0.477 e. The first-order valence-electron chi connectivity index (χ1n) is 8.08. The van der Waals surface area contributed by atoms with Crippen molar-refractivity contribution in [2.75, 3.05) is 13.1 Å². The highest BCUT2D eigenvalue weighted by molar-refractivity contribution is 7.21. The van der Waals surface area contributed by atoms with Gasteiger partial charge >= 0.3 is 5.97 Å². The Balaban J connectivity index is 1.53. The number of likely N-dealkylation sites (tertiary alicyclic amines) is 1. The number of aromatic carboxylic acids is 1. The number of rotatable bonds is 4. The van der Waals surface area contributed by atoms with Crippen molar-refractivity contribution in [1.82, 2.24) is 10.1 Å². The summed E-state index contributed by atoms with van der Waals surface area (Å²) in [5.41, 5.74) is 1.98. The van der Waals surface area contributed by atoms with Gasteiger partial charge in [0.25, 0.3) is 0 Å². The average Bonchev–Trinajstić information content (AvgIpc) is 3.24. The van der Waals surface area contributed by atoms with Gasteiger partial charge in [0, 0.05) is 23.2 Å². The van der Waals surface area contributed by atoms with E-state index >= 15 is 0 Å². The zero-order valence-corrected chi connectivity index (χ0v) is 14.0. The molecule has 0 radical (unpaired) electrons. The summed E-state index contributed by atoms with van der Waals surface area (Å²) in [7, 11) is 0. The van der Waals surface area contributed by atoms with Gasteiger partial charge in [-0.2, -0.15) is 0 Å². The molecule has 1 N–H and O–H groups in total. The van der Waals surface area contributed by atoms with Gasteiger partial charge < -0.3 is 9.63 Å². The Hall–Kier alpha value is -2.18. The lowest BCUT2D eigenvalue weighted by molar-refractivity contribution is 0.0699. The van der Waals surface area contributed by atoms with Crippen molar-refractivity contribution >= 4 is 27.4 Å². The van der Waals surface area contributed by atoms with Crippen molar-refractivity contribution in [1.29, 1.82) is 0 Å². The summed E-state index contributed by atoms with van der Waals surface area (Å²) in [5, 5.41) is 14.7. The Labute approximate surface area is 143 Å². The maximum absolute atomic E-state index is 11.6. The van der Waals surface area contributed by atoms with Crippen molar-refractivity contribution in [3.63, 3.8) is 0 Å². The third-order valence-electron chi connectivity index (χ3n) is 4.74. The monoisotopic (exact) mass is 342 g/mol. The number of carboxylic acids is 1. The number of hydrogen-bond donors (Lipinski definition) is 1.